The van der Waals surface area contributed by atoms with Gasteiger partial charge >= 0.3 is 0 Å². The van der Waals surface area contributed by atoms with Crippen LogP contribution in [0.4, 0.5) is 5.82 Å². The van der Waals surface area contributed by atoms with Crippen molar-refractivity contribution in [2.24, 2.45) is 0 Å². The quantitative estimate of drug-likeness (QED) is 0.366. The molecule has 0 radical (unpaired) electrons. The van der Waals surface area contributed by atoms with E-state index >= 15 is 0 Å². The highest BCUT2D eigenvalue weighted by Crippen LogP contribution is 2.35. The lowest BCUT2D eigenvalue weighted by Crippen LogP contribution is -2.33. The molecule has 2 aliphatic heterocycles. The Kier molecular flexibility index (Phi) is 7.02. The van der Waals surface area contributed by atoms with Crippen molar-refractivity contribution in [2.45, 2.75) is 37.3 Å². The standard InChI is InChI=1S/C29H29N7O3/c30-18-29(7-11-37-12-8-29)26-13-21(5-9-32-26)24-16-34-28(31)27(35-24)25-14-23(36-39-25)20-3-1-19(2-4-20)15-33-22-6-10-38-17-22/h1-5,9,13-14,16,22,33H,6-8,10-12,15,17H2,(H2,31,34)/t22-/m0/s1. The maximum atomic E-state index is 9.95. The van der Waals surface area contributed by atoms with Crippen LogP contribution in [0.25, 0.3) is 34.0 Å². The van der Waals surface area contributed by atoms with E-state index in [0.717, 1.165) is 37.3 Å². The van der Waals surface area contributed by atoms with Gasteiger partial charge in [-0.25, -0.2) is 9.97 Å². The number of hydrogen-bond donors (Lipinski definition) is 2. The van der Waals surface area contributed by atoms with E-state index in [1.54, 1.807) is 12.4 Å². The molecular formula is C29H29N7O3. The van der Waals surface area contributed by atoms with Crippen LogP contribution in [0.2, 0.25) is 0 Å². The predicted octanol–water partition coefficient (Wildman–Crippen LogP) is 3.89. The van der Waals surface area contributed by atoms with Crippen molar-refractivity contribution < 1.29 is 14.0 Å². The van der Waals surface area contributed by atoms with Gasteiger partial charge in [0.15, 0.2) is 17.3 Å². The second-order valence-corrected chi connectivity index (χ2v) is 9.94. The first-order valence-corrected chi connectivity index (χ1v) is 13.1. The van der Waals surface area contributed by atoms with Crippen LogP contribution >= 0.6 is 0 Å². The molecule has 3 N–H and O–H groups in total. The van der Waals surface area contributed by atoms with E-state index in [2.05, 4.69) is 38.6 Å². The molecule has 0 saturated carbocycles. The lowest BCUT2D eigenvalue weighted by atomic mass is 9.78. The van der Waals surface area contributed by atoms with Gasteiger partial charge in [-0.05, 0) is 37.0 Å². The molecule has 10 heteroatoms. The summed E-state index contributed by atoms with van der Waals surface area (Å²) in [6.07, 6.45) is 5.57. The van der Waals surface area contributed by atoms with Gasteiger partial charge in [-0.15, -0.1) is 0 Å². The average molecular weight is 524 g/mol. The van der Waals surface area contributed by atoms with Gasteiger partial charge < -0.3 is 25.0 Å². The number of nitrogens with one attached hydrogen (secondary N) is 1. The normalized spacial score (nSPS) is 18.6. The third kappa shape index (κ3) is 5.25. The lowest BCUT2D eigenvalue weighted by molar-refractivity contribution is 0.0664. The minimum atomic E-state index is -0.672. The second kappa shape index (κ2) is 10.9. The highest BCUT2D eigenvalue weighted by molar-refractivity contribution is 5.73. The molecule has 2 saturated heterocycles. The van der Waals surface area contributed by atoms with Crippen molar-refractivity contribution in [2.75, 3.05) is 32.2 Å². The number of rotatable bonds is 7. The molecule has 0 aliphatic carbocycles. The Bertz CT molecular complexity index is 1480. The Hall–Kier alpha value is -4.17. The summed E-state index contributed by atoms with van der Waals surface area (Å²) in [5.41, 5.74) is 10.8. The second-order valence-electron chi connectivity index (χ2n) is 9.94. The maximum Gasteiger partial charge on any atom is 0.189 e. The fourth-order valence-electron chi connectivity index (χ4n) is 4.99. The highest BCUT2D eigenvalue weighted by atomic mass is 16.5. The van der Waals surface area contributed by atoms with Crippen molar-refractivity contribution in [3.8, 4) is 40.0 Å². The van der Waals surface area contributed by atoms with Gasteiger partial charge in [-0.2, -0.15) is 5.26 Å². The summed E-state index contributed by atoms with van der Waals surface area (Å²) in [6, 6.07) is 16.7. The Labute approximate surface area is 226 Å². The molecule has 2 fully saturated rings. The summed E-state index contributed by atoms with van der Waals surface area (Å²) in [7, 11) is 0. The molecule has 6 rings (SSSR count). The Balaban J connectivity index is 1.22. The van der Waals surface area contributed by atoms with Crippen molar-refractivity contribution >= 4 is 5.82 Å². The molecule has 0 spiro atoms. The van der Waals surface area contributed by atoms with Crippen molar-refractivity contribution in [3.63, 3.8) is 0 Å². The van der Waals surface area contributed by atoms with Crippen LogP contribution in [-0.4, -0.2) is 52.6 Å². The SMILES string of the molecule is N#CC1(c2cc(-c3cnc(N)c(-c4cc(-c5ccc(CN[C@H]6CCOC6)cc5)no4)n3)ccn2)CCOCC1. The monoisotopic (exact) mass is 523 g/mol. The fourth-order valence-corrected chi connectivity index (χ4v) is 4.99. The predicted molar refractivity (Wildman–Crippen MR) is 144 cm³/mol. The molecule has 3 aromatic heterocycles. The number of nitrogens with two attached hydrogens (primary N) is 1. The maximum absolute atomic E-state index is 9.95. The summed E-state index contributed by atoms with van der Waals surface area (Å²) in [5, 5.41) is 17.7. The molecule has 39 heavy (non-hydrogen) atoms. The van der Waals surface area contributed by atoms with E-state index in [1.165, 1.54) is 5.56 Å². The van der Waals surface area contributed by atoms with E-state index in [-0.39, 0.29) is 5.82 Å². The Morgan fingerprint density at radius 1 is 1.00 bits per heavy atom. The average Bonchev–Trinajstić information content (AvgIpc) is 3.70. The van der Waals surface area contributed by atoms with E-state index < -0.39 is 5.41 Å². The molecule has 1 aromatic carbocycles. The first-order chi connectivity index (χ1) is 19.1. The van der Waals surface area contributed by atoms with E-state index in [0.29, 0.717) is 60.6 Å². The van der Waals surface area contributed by atoms with Crippen molar-refractivity contribution in [1.29, 1.82) is 5.26 Å². The number of aromatic nitrogens is 4. The number of benzene rings is 1. The first kappa shape index (κ1) is 25.1. The Morgan fingerprint density at radius 2 is 1.85 bits per heavy atom. The third-order valence-electron chi connectivity index (χ3n) is 7.42. The Morgan fingerprint density at radius 3 is 2.62 bits per heavy atom. The number of nitrogens with zero attached hydrogens (tertiary/aromatic N) is 5. The molecule has 2 aliphatic rings. The molecule has 10 nitrogen and oxygen atoms in total. The third-order valence-corrected chi connectivity index (χ3v) is 7.42. The number of hydrogen-bond acceptors (Lipinski definition) is 10. The van der Waals surface area contributed by atoms with Gasteiger partial charge in [-0.3, -0.25) is 4.98 Å². The van der Waals surface area contributed by atoms with Crippen LogP contribution in [0.5, 0.6) is 0 Å². The zero-order valence-electron chi connectivity index (χ0n) is 21.5. The summed E-state index contributed by atoms with van der Waals surface area (Å²) >= 11 is 0. The number of nitrogen functional groups attached to an aromatic ring is 1. The van der Waals surface area contributed by atoms with Crippen molar-refractivity contribution in [3.05, 3.63) is 66.1 Å². The summed E-state index contributed by atoms with van der Waals surface area (Å²) < 4.78 is 16.5. The van der Waals surface area contributed by atoms with Crippen LogP contribution in [-0.2, 0) is 21.4 Å². The minimum Gasteiger partial charge on any atom is -0.382 e. The molecule has 1 atom stereocenters. The summed E-state index contributed by atoms with van der Waals surface area (Å²) in [6.45, 7) is 3.45. The molecule has 0 bridgehead atoms. The van der Waals surface area contributed by atoms with E-state index in [4.69, 9.17) is 24.7 Å². The van der Waals surface area contributed by atoms with Gasteiger partial charge in [0.2, 0.25) is 0 Å². The van der Waals surface area contributed by atoms with Crippen molar-refractivity contribution in [1.82, 2.24) is 25.4 Å². The largest absolute Gasteiger partial charge is 0.382 e. The zero-order valence-corrected chi connectivity index (χ0v) is 21.5. The molecular weight excluding hydrogens is 494 g/mol. The van der Waals surface area contributed by atoms with Crippen LogP contribution in [0.15, 0.2) is 59.4 Å². The fraction of sp³-hybridized carbons (Fsp3) is 0.345. The van der Waals surface area contributed by atoms with E-state index in [1.807, 2.05) is 30.3 Å². The zero-order chi connectivity index (χ0) is 26.7. The smallest absolute Gasteiger partial charge is 0.189 e. The number of ether oxygens (including phenoxy) is 2. The van der Waals surface area contributed by atoms with Crippen LogP contribution in [0.3, 0.4) is 0 Å². The summed E-state index contributed by atoms with van der Waals surface area (Å²) in [4.78, 5) is 13.6. The number of nitriles is 1. The van der Waals surface area contributed by atoms with Gasteiger partial charge in [0.1, 0.15) is 11.1 Å². The van der Waals surface area contributed by atoms with Crippen LogP contribution in [0, 0.1) is 11.3 Å². The number of anilines is 1. The van der Waals surface area contributed by atoms with Gasteiger partial charge in [0.25, 0.3) is 0 Å². The van der Waals surface area contributed by atoms with Gasteiger partial charge in [-0.1, -0.05) is 29.4 Å². The molecule has 0 amide bonds. The highest BCUT2D eigenvalue weighted by Gasteiger charge is 2.36. The van der Waals surface area contributed by atoms with Crippen LogP contribution in [0.1, 0.15) is 30.5 Å². The topological polar surface area (TPSA) is 145 Å². The summed E-state index contributed by atoms with van der Waals surface area (Å²) in [5.74, 6) is 0.669. The molecule has 198 valence electrons. The van der Waals surface area contributed by atoms with E-state index in [9.17, 15) is 5.26 Å². The van der Waals surface area contributed by atoms with Crippen LogP contribution < -0.4 is 11.1 Å². The minimum absolute atomic E-state index is 0.242. The van der Waals surface area contributed by atoms with Gasteiger partial charge in [0.05, 0.1) is 30.3 Å². The molecule has 5 heterocycles. The molecule has 0 unspecified atom stereocenters. The molecule has 4 aromatic rings. The number of pyridine rings is 1. The first-order valence-electron chi connectivity index (χ1n) is 13.1. The van der Waals surface area contributed by atoms with Gasteiger partial charge in [0, 0.05) is 55.8 Å². The lowest BCUT2D eigenvalue weighted by Gasteiger charge is -2.30.